The molecule has 0 saturated carbocycles. The SMILES string of the molecule is C/C=C1\NC(=O)C(C(C)O)NC(=O)c2csc(n2)-c2ccc(-c3nc(-c4nc(C(=O)NC(C)C(=O)O)cs4)cs3)nc2-c2csc(n2)C(CSC(=O)c2c[nH]c3ccccc23)NC(=O)C2CSC(=N2)C(C(C)O)NC(=O)c2csc1n2. The van der Waals surface area contributed by atoms with Crippen LogP contribution in [0.1, 0.15) is 85.6 Å². The van der Waals surface area contributed by atoms with Crippen LogP contribution >= 0.6 is 80.2 Å². The van der Waals surface area contributed by atoms with E-state index in [-0.39, 0.29) is 44.4 Å². The monoisotopic (exact) mass is 1220 g/mol. The number of carboxylic acid groups (broad SMARTS) is 1. The molecule has 0 aliphatic carbocycles. The molecule has 30 heteroatoms. The summed E-state index contributed by atoms with van der Waals surface area (Å²) in [6.45, 7) is 5.79. The zero-order valence-corrected chi connectivity index (χ0v) is 48.4. The Morgan fingerprint density at radius 2 is 1.38 bits per heavy atom. The Balaban J connectivity index is 1.04. The summed E-state index contributed by atoms with van der Waals surface area (Å²) in [7, 11) is 0. The summed E-state index contributed by atoms with van der Waals surface area (Å²) < 4.78 is 0. The lowest BCUT2D eigenvalue weighted by molar-refractivity contribution is -0.138. The van der Waals surface area contributed by atoms with E-state index in [1.54, 1.807) is 42.1 Å². The van der Waals surface area contributed by atoms with Crippen LogP contribution < -0.4 is 26.6 Å². The van der Waals surface area contributed by atoms with Gasteiger partial charge in [-0.2, -0.15) is 0 Å². The van der Waals surface area contributed by atoms with Crippen molar-refractivity contribution in [1.29, 1.82) is 0 Å². The summed E-state index contributed by atoms with van der Waals surface area (Å²) in [4.78, 5) is 130. The molecule has 0 fully saturated rings. The van der Waals surface area contributed by atoms with Gasteiger partial charge in [0.1, 0.15) is 83.4 Å². The van der Waals surface area contributed by atoms with Gasteiger partial charge in [0.25, 0.3) is 17.7 Å². The summed E-state index contributed by atoms with van der Waals surface area (Å²) in [5, 5.41) is 55.1. The maximum Gasteiger partial charge on any atom is 0.325 e. The molecule has 2 aliphatic heterocycles. The number of benzene rings is 1. The normalized spacial score (nSPS) is 19.6. The minimum atomic E-state index is -1.48. The Kier molecular flexibility index (Phi) is 17.1. The molecule has 5 amide bonds. The molecule has 23 nitrogen and oxygen atoms in total. The molecule has 1 aromatic carbocycles. The number of fused-ring (bicyclic) bond motifs is 11. The van der Waals surface area contributed by atoms with Crippen molar-refractivity contribution in [3.8, 4) is 43.4 Å². The van der Waals surface area contributed by atoms with Crippen LogP contribution in [0, 0.1) is 0 Å². The lowest BCUT2D eigenvalue weighted by Gasteiger charge is -2.21. The Labute approximate surface area is 487 Å². The minimum Gasteiger partial charge on any atom is -0.480 e. The number of aliphatic hydroxyl groups excluding tert-OH is 2. The van der Waals surface area contributed by atoms with Gasteiger partial charge < -0.3 is 46.9 Å². The number of H-pyrrole nitrogens is 1. The highest BCUT2D eigenvalue weighted by atomic mass is 32.2. The molecule has 8 aromatic rings. The first-order chi connectivity index (χ1) is 38.9. The number of thioether (sulfide) groups is 2. The van der Waals surface area contributed by atoms with E-state index in [9.17, 15) is 48.9 Å². The summed E-state index contributed by atoms with van der Waals surface area (Å²) >= 11 is 7.91. The molecule has 0 saturated heterocycles. The predicted molar refractivity (Wildman–Crippen MR) is 313 cm³/mol. The number of aliphatic carboxylic acids is 1. The molecular formula is C51H45N13O10S7. The molecule has 416 valence electrons. The number of aliphatic imine (C=N–C) groups is 1. The highest BCUT2D eigenvalue weighted by Gasteiger charge is 2.36. The van der Waals surface area contributed by atoms with E-state index in [0.717, 1.165) is 56.7 Å². The predicted octanol–water partition coefficient (Wildman–Crippen LogP) is 6.11. The molecule has 81 heavy (non-hydrogen) atoms. The van der Waals surface area contributed by atoms with Gasteiger partial charge >= 0.3 is 5.97 Å². The zero-order chi connectivity index (χ0) is 57.2. The van der Waals surface area contributed by atoms with E-state index in [1.807, 2.05) is 24.3 Å². The number of amides is 5. The smallest absolute Gasteiger partial charge is 0.325 e. The second kappa shape index (κ2) is 24.4. The van der Waals surface area contributed by atoms with Crippen molar-refractivity contribution in [2.24, 2.45) is 4.99 Å². The molecule has 9 heterocycles. The van der Waals surface area contributed by atoms with Gasteiger partial charge in [0.15, 0.2) is 0 Å². The number of rotatable bonds is 10. The van der Waals surface area contributed by atoms with E-state index in [2.05, 4.69) is 46.5 Å². The molecular weight excluding hydrogens is 1180 g/mol. The van der Waals surface area contributed by atoms with Gasteiger partial charge in [0, 0.05) is 61.1 Å². The van der Waals surface area contributed by atoms with Crippen molar-refractivity contribution in [3.05, 3.63) is 108 Å². The zero-order valence-electron chi connectivity index (χ0n) is 42.6. The number of allylic oxidation sites excluding steroid dienone is 1. The Morgan fingerprint density at radius 3 is 2.12 bits per heavy atom. The number of hydrogen-bond donors (Lipinski definition) is 9. The van der Waals surface area contributed by atoms with Crippen LogP contribution in [0.3, 0.4) is 0 Å². The molecule has 7 aromatic heterocycles. The van der Waals surface area contributed by atoms with Crippen LogP contribution in [0.15, 0.2) is 80.6 Å². The van der Waals surface area contributed by atoms with Crippen molar-refractivity contribution >= 4 is 142 Å². The average molecular weight is 1220 g/mol. The highest BCUT2D eigenvalue weighted by Crippen LogP contribution is 2.39. The highest BCUT2D eigenvalue weighted by molar-refractivity contribution is 8.14. The van der Waals surface area contributed by atoms with Crippen molar-refractivity contribution in [1.82, 2.24) is 61.5 Å². The fraction of sp³-hybridized carbons (Fsp3) is 0.255. The number of carbonyl (C=O) groups excluding carboxylic acids is 6. The molecule has 7 unspecified atom stereocenters. The average Bonchev–Trinajstić information content (AvgIpc) is 4.40. The molecule has 2 aliphatic rings. The number of nitrogens with zero attached hydrogens (tertiary/aromatic N) is 7. The summed E-state index contributed by atoms with van der Waals surface area (Å²) in [5.74, 6) is -4.41. The van der Waals surface area contributed by atoms with Crippen LogP contribution in [0.25, 0.3) is 60.0 Å². The first kappa shape index (κ1) is 56.8. The van der Waals surface area contributed by atoms with E-state index in [1.165, 1.54) is 71.3 Å². The third-order valence-electron chi connectivity index (χ3n) is 12.4. The van der Waals surface area contributed by atoms with Crippen LogP contribution in [0.5, 0.6) is 0 Å². The summed E-state index contributed by atoms with van der Waals surface area (Å²) in [6, 6.07) is 5.31. The molecule has 0 spiro atoms. The third-order valence-corrected chi connectivity index (χ3v) is 19.0. The number of thiazole rings is 5. The number of hydrogen-bond acceptors (Lipinski definition) is 23. The van der Waals surface area contributed by atoms with Gasteiger partial charge in [-0.3, -0.25) is 38.6 Å². The lowest BCUT2D eigenvalue weighted by atomic mass is 10.1. The standard InChI is InChI=1S/C51H45N13O10S7/c1-5-26-45-59-33(16-77-45)42(70)64-37(22(4)66)49-61-31(17-80-49)40(68)56-34(19-81-51(74)25-12-52-27-9-7-6-8-23(25)27)47-57-29(13-76-47)38-24(44-58-32(14-75-44)41(69)63-36(21(3)65)43(71)55-26)10-11-28(54-38)46-62-35(18-79-46)48-60-30(15-78-48)39(67)53-20(2)50(72)73/h5-16,18,20-22,31,34,36-37,52,65-66H,17,19H2,1-4H3,(H,53,67)(H,55,71)(H,56,68)(H,63,69)(H,64,70)(H,72,73)/b26-5-. The minimum absolute atomic E-state index is 0.0191. The number of aromatic amines is 1. The maximum absolute atomic E-state index is 14.4. The second-order valence-electron chi connectivity index (χ2n) is 18.1. The summed E-state index contributed by atoms with van der Waals surface area (Å²) in [6.07, 6.45) is 0.632. The number of nitrogens with one attached hydrogen (secondary N) is 6. The fourth-order valence-electron chi connectivity index (χ4n) is 8.12. The molecule has 10 rings (SSSR count). The van der Waals surface area contributed by atoms with Crippen LogP contribution in [-0.4, -0.2) is 144 Å². The first-order valence-electron chi connectivity index (χ1n) is 24.5. The van der Waals surface area contributed by atoms with E-state index in [4.69, 9.17) is 19.9 Å². The Bertz CT molecular complexity index is 3840. The van der Waals surface area contributed by atoms with Gasteiger partial charge in [0.2, 0.25) is 16.9 Å². The molecule has 0 radical (unpaired) electrons. The number of pyridine rings is 1. The number of carbonyl (C=O) groups is 7. The van der Waals surface area contributed by atoms with Crippen LogP contribution in [0.4, 0.5) is 0 Å². The number of para-hydroxylation sites is 1. The largest absolute Gasteiger partial charge is 0.480 e. The summed E-state index contributed by atoms with van der Waals surface area (Å²) in [5.41, 5.74) is 3.18. The van der Waals surface area contributed by atoms with E-state index in [0.29, 0.717) is 59.0 Å². The Hall–Kier alpha value is -7.42. The van der Waals surface area contributed by atoms with Crippen molar-refractivity contribution < 1.29 is 48.9 Å². The van der Waals surface area contributed by atoms with Gasteiger partial charge in [-0.1, -0.05) is 36.0 Å². The van der Waals surface area contributed by atoms with Crippen LogP contribution in [-0.2, 0) is 14.4 Å². The third kappa shape index (κ3) is 12.4. The topological polar surface area (TPSA) is 346 Å². The molecule has 8 bridgehead atoms. The van der Waals surface area contributed by atoms with E-state index >= 15 is 0 Å². The number of aromatic nitrogens is 7. The second-order valence-corrected chi connectivity index (χ2v) is 24.5. The molecule has 7 atom stereocenters. The number of carboxylic acids is 1. The van der Waals surface area contributed by atoms with Crippen LogP contribution in [0.2, 0.25) is 0 Å². The van der Waals surface area contributed by atoms with Crippen molar-refractivity contribution in [3.63, 3.8) is 0 Å². The van der Waals surface area contributed by atoms with Gasteiger partial charge in [-0.15, -0.1) is 68.4 Å². The van der Waals surface area contributed by atoms with E-state index < -0.39 is 77.9 Å². The Morgan fingerprint density at radius 1 is 0.728 bits per heavy atom. The maximum atomic E-state index is 14.4. The lowest BCUT2D eigenvalue weighted by Crippen LogP contribution is -2.52. The molecule has 9 N–H and O–H groups in total. The number of aliphatic hydroxyl groups is 2. The first-order valence-corrected chi connectivity index (χ1v) is 30.8. The van der Waals surface area contributed by atoms with Gasteiger partial charge in [-0.25, -0.2) is 29.9 Å². The van der Waals surface area contributed by atoms with Gasteiger partial charge in [-0.05, 0) is 45.9 Å². The quantitative estimate of drug-likeness (QED) is 0.0745. The van der Waals surface area contributed by atoms with Crippen molar-refractivity contribution in [2.45, 2.75) is 70.1 Å². The fourth-order valence-corrected chi connectivity index (χ4v) is 14.4. The van der Waals surface area contributed by atoms with Crippen molar-refractivity contribution in [2.75, 3.05) is 11.5 Å². The van der Waals surface area contributed by atoms with Gasteiger partial charge in [0.05, 0.1) is 40.2 Å².